The molecule has 66 valence electrons. The molecule has 1 aliphatic rings. The average molecular weight is 167 g/mol. The molecule has 1 fully saturated rings. The van der Waals surface area contributed by atoms with Crippen molar-refractivity contribution in [3.8, 4) is 0 Å². The Morgan fingerprint density at radius 1 is 1.75 bits per heavy atom. The summed E-state index contributed by atoms with van der Waals surface area (Å²) in [5.74, 6) is 0.963. The number of rotatable bonds is 2. The fraction of sp³-hybridized carbons (Fsp3) is 0.625. The van der Waals surface area contributed by atoms with E-state index in [-0.39, 0.29) is 0 Å². The number of β-amino-alcohol motifs (C(OH)–C–C–N with tert-alkyl or cyclic N) is 1. The zero-order chi connectivity index (χ0) is 8.60. The van der Waals surface area contributed by atoms with Crippen LogP contribution in [0.2, 0.25) is 0 Å². The minimum Gasteiger partial charge on any atom is -0.388 e. The van der Waals surface area contributed by atoms with Crippen LogP contribution in [0.25, 0.3) is 0 Å². The molecule has 2 rings (SSSR count). The lowest BCUT2D eigenvalue weighted by molar-refractivity contribution is -0.0879. The highest BCUT2D eigenvalue weighted by Crippen LogP contribution is 2.20. The van der Waals surface area contributed by atoms with E-state index in [0.29, 0.717) is 0 Å². The number of hydrogen-bond donors (Lipinski definition) is 2. The first-order chi connectivity index (χ1) is 5.66. The van der Waals surface area contributed by atoms with Gasteiger partial charge in [0.15, 0.2) is 0 Å². The maximum atomic E-state index is 9.44. The topological polar surface area (TPSA) is 52.1 Å². The monoisotopic (exact) mass is 167 g/mol. The van der Waals surface area contributed by atoms with Crippen LogP contribution >= 0.6 is 0 Å². The number of aliphatic hydroxyl groups is 1. The molecule has 4 nitrogen and oxygen atoms in total. The molecule has 4 heteroatoms. The van der Waals surface area contributed by atoms with Gasteiger partial charge >= 0.3 is 0 Å². The minimum absolute atomic E-state index is 0.480. The first kappa shape index (κ1) is 7.76. The van der Waals surface area contributed by atoms with E-state index in [1.54, 1.807) is 6.20 Å². The summed E-state index contributed by atoms with van der Waals surface area (Å²) in [6.07, 6.45) is 3.56. The molecule has 2 N–H and O–H groups in total. The molecule has 1 aromatic heterocycles. The van der Waals surface area contributed by atoms with Crippen LogP contribution in [0.4, 0.5) is 0 Å². The fourth-order valence-corrected chi connectivity index (χ4v) is 1.63. The van der Waals surface area contributed by atoms with Crippen LogP contribution in [-0.4, -0.2) is 38.7 Å². The molecule has 0 radical (unpaired) electrons. The van der Waals surface area contributed by atoms with Crippen LogP contribution in [0.3, 0.4) is 0 Å². The maximum absolute atomic E-state index is 9.44. The quantitative estimate of drug-likeness (QED) is 0.650. The lowest BCUT2D eigenvalue weighted by Crippen LogP contribution is -2.59. The predicted octanol–water partition coefficient (Wildman–Crippen LogP) is -0.0237. The molecule has 1 aromatic rings. The van der Waals surface area contributed by atoms with Gasteiger partial charge in [-0.1, -0.05) is 0 Å². The Morgan fingerprint density at radius 3 is 3.00 bits per heavy atom. The highest BCUT2D eigenvalue weighted by atomic mass is 16.3. The number of H-pyrrole nitrogens is 1. The highest BCUT2D eigenvalue weighted by molar-refractivity contribution is 4.95. The normalized spacial score (nSPS) is 22.2. The smallest absolute Gasteiger partial charge is 0.120 e. The summed E-state index contributed by atoms with van der Waals surface area (Å²) in [6, 6.07) is 0. The largest absolute Gasteiger partial charge is 0.388 e. The third-order valence-corrected chi connectivity index (χ3v) is 2.06. The Kier molecular flexibility index (Phi) is 1.66. The molecule has 1 saturated heterocycles. The van der Waals surface area contributed by atoms with Crippen molar-refractivity contribution in [1.82, 2.24) is 14.9 Å². The van der Waals surface area contributed by atoms with Gasteiger partial charge in [0.2, 0.25) is 0 Å². The van der Waals surface area contributed by atoms with Crippen molar-refractivity contribution in [3.63, 3.8) is 0 Å². The first-order valence-corrected chi connectivity index (χ1v) is 4.09. The lowest BCUT2D eigenvalue weighted by Gasteiger charge is -2.43. The zero-order valence-electron chi connectivity index (χ0n) is 7.12. The molecule has 0 saturated carbocycles. The van der Waals surface area contributed by atoms with Gasteiger partial charge in [-0.15, -0.1) is 0 Å². The van der Waals surface area contributed by atoms with E-state index in [9.17, 15) is 5.11 Å². The third-order valence-electron chi connectivity index (χ3n) is 2.06. The number of hydrogen-bond acceptors (Lipinski definition) is 3. The Bertz CT molecular complexity index is 247. The van der Waals surface area contributed by atoms with Crippen molar-refractivity contribution in [2.24, 2.45) is 0 Å². The van der Waals surface area contributed by atoms with Crippen molar-refractivity contribution < 1.29 is 5.11 Å². The molecular weight excluding hydrogens is 154 g/mol. The van der Waals surface area contributed by atoms with Gasteiger partial charge in [-0.05, 0) is 6.92 Å². The van der Waals surface area contributed by atoms with Gasteiger partial charge < -0.3 is 10.1 Å². The van der Waals surface area contributed by atoms with Gasteiger partial charge in [0.05, 0.1) is 12.1 Å². The molecular formula is C8H13N3O. The van der Waals surface area contributed by atoms with E-state index in [0.717, 1.165) is 25.5 Å². The van der Waals surface area contributed by atoms with Crippen LogP contribution in [0.15, 0.2) is 12.4 Å². The van der Waals surface area contributed by atoms with Crippen molar-refractivity contribution in [1.29, 1.82) is 0 Å². The molecule has 1 aliphatic heterocycles. The van der Waals surface area contributed by atoms with Gasteiger partial charge in [-0.2, -0.15) is 0 Å². The number of nitrogens with one attached hydrogen (secondary N) is 1. The van der Waals surface area contributed by atoms with E-state index < -0.39 is 5.60 Å². The second-order valence-electron chi connectivity index (χ2n) is 3.68. The average Bonchev–Trinajstić information content (AvgIpc) is 2.35. The van der Waals surface area contributed by atoms with Crippen molar-refractivity contribution in [3.05, 3.63) is 18.2 Å². The number of likely N-dealkylation sites (tertiary alicyclic amines) is 1. The lowest BCUT2D eigenvalue weighted by atomic mass is 9.97. The summed E-state index contributed by atoms with van der Waals surface area (Å²) in [5, 5.41) is 9.44. The van der Waals surface area contributed by atoms with Crippen LogP contribution in [-0.2, 0) is 6.54 Å². The summed E-state index contributed by atoms with van der Waals surface area (Å²) in [7, 11) is 0. The van der Waals surface area contributed by atoms with Gasteiger partial charge in [0, 0.05) is 25.5 Å². The van der Waals surface area contributed by atoms with Crippen molar-refractivity contribution >= 4 is 0 Å². The summed E-state index contributed by atoms with van der Waals surface area (Å²) >= 11 is 0. The van der Waals surface area contributed by atoms with E-state index >= 15 is 0 Å². The summed E-state index contributed by atoms with van der Waals surface area (Å²) in [5.41, 5.74) is -0.480. The first-order valence-electron chi connectivity index (χ1n) is 4.09. The van der Waals surface area contributed by atoms with Gasteiger partial charge in [0.25, 0.3) is 0 Å². The number of aromatic nitrogens is 2. The Morgan fingerprint density at radius 2 is 2.50 bits per heavy atom. The van der Waals surface area contributed by atoms with Crippen molar-refractivity contribution in [2.45, 2.75) is 19.1 Å². The molecule has 0 spiro atoms. The summed E-state index contributed by atoms with van der Waals surface area (Å²) in [4.78, 5) is 9.29. The standard InChI is InChI=1S/C8H13N3O/c1-8(12)5-11(6-8)4-7-9-2-3-10-7/h2-3,12H,4-6H2,1H3,(H,9,10). The number of nitrogens with zero attached hydrogens (tertiary/aromatic N) is 2. The van der Waals surface area contributed by atoms with E-state index in [2.05, 4.69) is 14.9 Å². The predicted molar refractivity (Wildman–Crippen MR) is 44.5 cm³/mol. The fourth-order valence-electron chi connectivity index (χ4n) is 1.63. The molecule has 12 heavy (non-hydrogen) atoms. The second-order valence-corrected chi connectivity index (χ2v) is 3.68. The van der Waals surface area contributed by atoms with E-state index in [4.69, 9.17) is 0 Å². The Labute approximate surface area is 71.2 Å². The summed E-state index contributed by atoms with van der Waals surface area (Å²) < 4.78 is 0. The van der Waals surface area contributed by atoms with E-state index in [1.165, 1.54) is 0 Å². The SMILES string of the molecule is CC1(O)CN(Cc2ncc[nH]2)C1. The molecule has 0 unspecified atom stereocenters. The zero-order valence-corrected chi connectivity index (χ0v) is 7.12. The van der Waals surface area contributed by atoms with Gasteiger partial charge in [-0.25, -0.2) is 4.98 Å². The molecule has 0 atom stereocenters. The second kappa shape index (κ2) is 2.57. The van der Waals surface area contributed by atoms with Crippen LogP contribution < -0.4 is 0 Å². The molecule has 0 bridgehead atoms. The molecule has 0 aromatic carbocycles. The number of aromatic amines is 1. The van der Waals surface area contributed by atoms with Gasteiger partial charge in [0.1, 0.15) is 5.82 Å². The Hall–Kier alpha value is -0.870. The Balaban J connectivity index is 1.84. The molecule has 0 amide bonds. The maximum Gasteiger partial charge on any atom is 0.120 e. The van der Waals surface area contributed by atoms with Crippen LogP contribution in [0.5, 0.6) is 0 Å². The van der Waals surface area contributed by atoms with Crippen molar-refractivity contribution in [2.75, 3.05) is 13.1 Å². The third kappa shape index (κ3) is 1.49. The molecule has 0 aliphatic carbocycles. The van der Waals surface area contributed by atoms with Crippen LogP contribution in [0, 0.1) is 0 Å². The molecule has 2 heterocycles. The van der Waals surface area contributed by atoms with E-state index in [1.807, 2.05) is 13.1 Å². The highest BCUT2D eigenvalue weighted by Gasteiger charge is 2.36. The summed E-state index contributed by atoms with van der Waals surface area (Å²) in [6.45, 7) is 4.15. The number of imidazole rings is 1. The minimum atomic E-state index is -0.480. The van der Waals surface area contributed by atoms with Gasteiger partial charge in [-0.3, -0.25) is 4.90 Å². The van der Waals surface area contributed by atoms with Crippen LogP contribution in [0.1, 0.15) is 12.7 Å².